The molecule has 3 nitrogen and oxygen atoms in total. The molecule has 0 unspecified atom stereocenters. The molecular weight excluding hydrogens is 328 g/mol. The van der Waals surface area contributed by atoms with E-state index in [9.17, 15) is 0 Å². The van der Waals surface area contributed by atoms with Crippen LogP contribution in [0.5, 0.6) is 0 Å². The number of rotatable bonds is 8. The lowest BCUT2D eigenvalue weighted by molar-refractivity contribution is 0.0136. The van der Waals surface area contributed by atoms with Crippen LogP contribution in [0.1, 0.15) is 59.8 Å². The van der Waals surface area contributed by atoms with Crippen LogP contribution in [0.4, 0.5) is 0 Å². The molecule has 0 aromatic rings. The average Bonchev–Trinajstić information content (AvgIpc) is 2.47. The lowest BCUT2D eigenvalue weighted by Gasteiger charge is -2.53. The highest BCUT2D eigenvalue weighted by Gasteiger charge is 2.53. The maximum absolute atomic E-state index is 7.08. The fraction of sp³-hybridized carbons (Fsp3) is 1.00. The fourth-order valence-corrected chi connectivity index (χ4v) is 10.4. The molecule has 1 heterocycles. The van der Waals surface area contributed by atoms with Crippen molar-refractivity contribution in [1.82, 2.24) is 0 Å². The summed E-state index contributed by atoms with van der Waals surface area (Å²) < 4.78 is 7.08. The van der Waals surface area contributed by atoms with Crippen LogP contribution in [0.15, 0.2) is 0 Å². The van der Waals surface area contributed by atoms with Gasteiger partial charge in [-0.25, -0.2) is 0 Å². The normalized spacial score (nSPS) is 23.2. The SMILES string of the molecule is CC(C)(CN)CCC1(CCC(C)(C)CN)CC[Si](C)(C)[Si](C)(C)O1. The molecule has 0 saturated carbocycles. The summed E-state index contributed by atoms with van der Waals surface area (Å²) in [6, 6.07) is 1.42. The predicted molar refractivity (Wildman–Crippen MR) is 112 cm³/mol. The molecule has 144 valence electrons. The zero-order chi connectivity index (χ0) is 18.9. The maximum Gasteiger partial charge on any atom is 0.174 e. The lowest BCUT2D eigenvalue weighted by atomic mass is 9.77. The molecular formula is C19H44N2OSi2. The number of hydrogen-bond acceptors (Lipinski definition) is 3. The van der Waals surface area contributed by atoms with Gasteiger partial charge in [0.15, 0.2) is 7.83 Å². The van der Waals surface area contributed by atoms with Crippen LogP contribution in [0.25, 0.3) is 0 Å². The molecule has 1 aliphatic rings. The van der Waals surface area contributed by atoms with Gasteiger partial charge in [-0.2, -0.15) is 0 Å². The second kappa shape index (κ2) is 7.51. The molecule has 0 aromatic carbocycles. The van der Waals surface area contributed by atoms with Crippen molar-refractivity contribution in [2.75, 3.05) is 13.1 Å². The first-order valence-electron chi connectivity index (χ1n) is 9.80. The molecule has 1 rings (SSSR count). The summed E-state index contributed by atoms with van der Waals surface area (Å²) in [7, 11) is -2.80. The minimum atomic E-state index is -1.59. The summed E-state index contributed by atoms with van der Waals surface area (Å²) in [5.74, 6) is 0. The molecule has 1 fully saturated rings. The van der Waals surface area contributed by atoms with Gasteiger partial charge < -0.3 is 15.9 Å². The average molecular weight is 373 g/mol. The van der Waals surface area contributed by atoms with Gasteiger partial charge in [0.1, 0.15) is 0 Å². The van der Waals surface area contributed by atoms with E-state index >= 15 is 0 Å². The van der Waals surface area contributed by atoms with Crippen LogP contribution in [0, 0.1) is 10.8 Å². The highest BCUT2D eigenvalue weighted by Crippen LogP contribution is 2.46. The van der Waals surface area contributed by atoms with Gasteiger partial charge in [-0.05, 0) is 69.1 Å². The summed E-state index contributed by atoms with van der Waals surface area (Å²) in [4.78, 5) is 0. The first kappa shape index (κ1) is 22.4. The third kappa shape index (κ3) is 5.66. The van der Waals surface area contributed by atoms with Gasteiger partial charge in [-0.1, -0.05) is 46.8 Å². The third-order valence-electron chi connectivity index (χ3n) is 6.93. The molecule has 1 aliphatic heterocycles. The van der Waals surface area contributed by atoms with Gasteiger partial charge in [0.05, 0.1) is 13.2 Å². The third-order valence-corrected chi connectivity index (χ3v) is 23.5. The quantitative estimate of drug-likeness (QED) is 0.609. The van der Waals surface area contributed by atoms with E-state index in [1.165, 1.54) is 12.5 Å². The lowest BCUT2D eigenvalue weighted by Crippen LogP contribution is -2.65. The topological polar surface area (TPSA) is 61.3 Å². The van der Waals surface area contributed by atoms with Crippen molar-refractivity contribution in [3.8, 4) is 0 Å². The van der Waals surface area contributed by atoms with Gasteiger partial charge >= 0.3 is 0 Å². The Labute approximate surface area is 153 Å². The van der Waals surface area contributed by atoms with Gasteiger partial charge in [0.25, 0.3) is 0 Å². The van der Waals surface area contributed by atoms with Gasteiger partial charge in [0.2, 0.25) is 0 Å². The van der Waals surface area contributed by atoms with Crippen LogP contribution >= 0.6 is 0 Å². The van der Waals surface area contributed by atoms with Crippen molar-refractivity contribution in [3.63, 3.8) is 0 Å². The van der Waals surface area contributed by atoms with Gasteiger partial charge in [-0.15, -0.1) is 0 Å². The van der Waals surface area contributed by atoms with Crippen molar-refractivity contribution < 1.29 is 4.43 Å². The first-order chi connectivity index (χ1) is 10.7. The summed E-state index contributed by atoms with van der Waals surface area (Å²) in [5.41, 5.74) is 12.4. The second-order valence-corrected chi connectivity index (χ2v) is 26.1. The number of hydrogen-bond donors (Lipinski definition) is 2. The molecule has 0 amide bonds. The standard InChI is InChI=1S/C19H44N2OSi2/c1-17(2,15-20)9-11-19(12-10-18(3,4)16-21)13-14-23(5,6)24(7,8)22-19/h9-16,20-21H2,1-8H3. The Balaban J connectivity index is 2.96. The zero-order valence-corrected chi connectivity index (χ0v) is 19.7. The van der Waals surface area contributed by atoms with Crippen LogP contribution in [0.3, 0.4) is 0 Å². The van der Waals surface area contributed by atoms with E-state index in [0.717, 1.165) is 38.8 Å². The van der Waals surface area contributed by atoms with E-state index in [2.05, 4.69) is 53.9 Å². The molecule has 0 bridgehead atoms. The van der Waals surface area contributed by atoms with Crippen molar-refractivity contribution >= 4 is 15.4 Å². The summed E-state index contributed by atoms with van der Waals surface area (Å²) in [5, 5.41) is 0. The Morgan fingerprint density at radius 1 is 0.875 bits per heavy atom. The monoisotopic (exact) mass is 372 g/mol. The van der Waals surface area contributed by atoms with Gasteiger partial charge in [0, 0.05) is 0 Å². The van der Waals surface area contributed by atoms with E-state index in [1.807, 2.05) is 0 Å². The Bertz CT molecular complexity index is 400. The fourth-order valence-electron chi connectivity index (χ4n) is 3.39. The molecule has 0 atom stereocenters. The minimum Gasteiger partial charge on any atom is -0.415 e. The molecule has 0 aromatic heterocycles. The number of nitrogens with two attached hydrogens (primary N) is 2. The van der Waals surface area contributed by atoms with E-state index < -0.39 is 15.4 Å². The van der Waals surface area contributed by atoms with Crippen molar-refractivity contribution in [2.24, 2.45) is 22.3 Å². The van der Waals surface area contributed by atoms with Crippen LogP contribution in [0.2, 0.25) is 32.2 Å². The van der Waals surface area contributed by atoms with Crippen LogP contribution in [-0.2, 0) is 4.43 Å². The van der Waals surface area contributed by atoms with Crippen molar-refractivity contribution in [1.29, 1.82) is 0 Å². The summed E-state index contributed by atoms with van der Waals surface area (Å²) in [6.45, 7) is 20.7. The summed E-state index contributed by atoms with van der Waals surface area (Å²) >= 11 is 0. The minimum absolute atomic E-state index is 0.0666. The Morgan fingerprint density at radius 3 is 1.62 bits per heavy atom. The largest absolute Gasteiger partial charge is 0.415 e. The Morgan fingerprint density at radius 2 is 1.29 bits per heavy atom. The Hall–Kier alpha value is 0.314. The Kier molecular flexibility index (Phi) is 7.00. The zero-order valence-electron chi connectivity index (χ0n) is 17.7. The first-order valence-corrected chi connectivity index (χ1v) is 16.9. The van der Waals surface area contributed by atoms with Crippen molar-refractivity contribution in [3.05, 3.63) is 0 Å². The van der Waals surface area contributed by atoms with Gasteiger partial charge in [-0.3, -0.25) is 0 Å². The predicted octanol–water partition coefficient (Wildman–Crippen LogP) is 4.67. The van der Waals surface area contributed by atoms with Crippen LogP contribution < -0.4 is 11.5 Å². The molecule has 0 spiro atoms. The molecule has 5 heteroatoms. The van der Waals surface area contributed by atoms with E-state index in [-0.39, 0.29) is 16.4 Å². The molecule has 24 heavy (non-hydrogen) atoms. The molecule has 0 aliphatic carbocycles. The highest BCUT2D eigenvalue weighted by molar-refractivity contribution is 7.38. The van der Waals surface area contributed by atoms with E-state index in [0.29, 0.717) is 0 Å². The molecule has 0 radical (unpaired) electrons. The summed E-state index contributed by atoms with van der Waals surface area (Å²) in [6.07, 6.45) is 5.85. The van der Waals surface area contributed by atoms with E-state index in [1.54, 1.807) is 0 Å². The van der Waals surface area contributed by atoms with Crippen molar-refractivity contribution in [2.45, 2.75) is 97.6 Å². The van der Waals surface area contributed by atoms with Crippen LogP contribution in [-0.4, -0.2) is 34.1 Å². The maximum atomic E-state index is 7.08. The smallest absolute Gasteiger partial charge is 0.174 e. The molecule has 4 N–H and O–H groups in total. The highest BCUT2D eigenvalue weighted by atomic mass is 29.3. The van der Waals surface area contributed by atoms with E-state index in [4.69, 9.17) is 15.9 Å². The molecule has 1 saturated heterocycles. The second-order valence-electron chi connectivity index (χ2n) is 10.9.